The van der Waals surface area contributed by atoms with Gasteiger partial charge in [0.1, 0.15) is 0 Å². The molecule has 0 unspecified atom stereocenters. The zero-order valence-electron chi connectivity index (χ0n) is 12.2. The van der Waals surface area contributed by atoms with Crippen LogP contribution in [0.4, 0.5) is 11.4 Å². The van der Waals surface area contributed by atoms with Gasteiger partial charge in [-0.25, -0.2) is 0 Å². The molecule has 0 aromatic heterocycles. The Morgan fingerprint density at radius 3 is 2.48 bits per heavy atom. The first-order chi connectivity index (χ1) is 9.95. The monoisotopic (exact) mass is 346 g/mol. The molecule has 21 heavy (non-hydrogen) atoms. The highest BCUT2D eigenvalue weighted by atomic mass is 79.9. The number of halogens is 1. The van der Waals surface area contributed by atoms with E-state index in [4.69, 9.17) is 5.73 Å². The molecule has 0 aliphatic rings. The number of aryl methyl sites for hydroxylation is 3. The van der Waals surface area contributed by atoms with Crippen molar-refractivity contribution in [3.8, 4) is 0 Å². The number of carbonyl (C=O) groups is 1. The predicted octanol–water partition coefficient (Wildman–Crippen LogP) is 4.22. The van der Waals surface area contributed by atoms with E-state index in [1.54, 1.807) is 0 Å². The van der Waals surface area contributed by atoms with Crippen LogP contribution in [0.1, 0.15) is 23.1 Å². The zero-order valence-corrected chi connectivity index (χ0v) is 13.8. The summed E-state index contributed by atoms with van der Waals surface area (Å²) >= 11 is 3.46. The van der Waals surface area contributed by atoms with Crippen molar-refractivity contribution in [1.29, 1.82) is 0 Å². The molecule has 3 nitrogen and oxygen atoms in total. The van der Waals surface area contributed by atoms with Crippen molar-refractivity contribution in [1.82, 2.24) is 0 Å². The van der Waals surface area contributed by atoms with E-state index in [0.717, 1.165) is 32.5 Å². The summed E-state index contributed by atoms with van der Waals surface area (Å²) in [4.78, 5) is 12.1. The summed E-state index contributed by atoms with van der Waals surface area (Å²) in [5, 5.41) is 3.00. The average molecular weight is 347 g/mol. The van der Waals surface area contributed by atoms with Gasteiger partial charge < -0.3 is 11.1 Å². The molecule has 0 heterocycles. The standard InChI is InChI=1S/C17H19BrN2O/c1-11-8-14(18)9-12(2)17(11)20-16(21)7-6-13-4-3-5-15(19)10-13/h3-5,8-10H,6-7,19H2,1-2H3,(H,20,21). The number of nitrogens with one attached hydrogen (secondary N) is 1. The van der Waals surface area contributed by atoms with Gasteiger partial charge in [0.15, 0.2) is 0 Å². The summed E-state index contributed by atoms with van der Waals surface area (Å²) < 4.78 is 1.02. The molecular formula is C17H19BrN2O. The highest BCUT2D eigenvalue weighted by Gasteiger charge is 2.09. The van der Waals surface area contributed by atoms with E-state index >= 15 is 0 Å². The molecule has 0 spiro atoms. The maximum Gasteiger partial charge on any atom is 0.224 e. The number of nitrogens with two attached hydrogens (primary N) is 1. The van der Waals surface area contributed by atoms with Gasteiger partial charge in [-0.1, -0.05) is 28.1 Å². The van der Waals surface area contributed by atoms with Crippen LogP contribution in [0.15, 0.2) is 40.9 Å². The molecule has 2 aromatic carbocycles. The van der Waals surface area contributed by atoms with Crippen LogP contribution in [0.5, 0.6) is 0 Å². The first kappa shape index (κ1) is 15.6. The third-order valence-corrected chi connectivity index (χ3v) is 3.81. The van der Waals surface area contributed by atoms with Crippen LogP contribution in [0.2, 0.25) is 0 Å². The molecule has 0 aliphatic heterocycles. The van der Waals surface area contributed by atoms with E-state index in [9.17, 15) is 4.79 Å². The molecule has 2 aromatic rings. The zero-order chi connectivity index (χ0) is 15.4. The molecular weight excluding hydrogens is 328 g/mol. The maximum absolute atomic E-state index is 12.1. The van der Waals surface area contributed by atoms with Crippen molar-refractivity contribution >= 4 is 33.2 Å². The van der Waals surface area contributed by atoms with Gasteiger partial charge in [0.05, 0.1) is 0 Å². The molecule has 0 bridgehead atoms. The number of benzene rings is 2. The third-order valence-electron chi connectivity index (χ3n) is 3.35. The summed E-state index contributed by atoms with van der Waals surface area (Å²) in [6.45, 7) is 3.98. The fraction of sp³-hybridized carbons (Fsp3) is 0.235. The Morgan fingerprint density at radius 2 is 1.86 bits per heavy atom. The summed E-state index contributed by atoms with van der Waals surface area (Å²) in [6.07, 6.45) is 1.13. The highest BCUT2D eigenvalue weighted by Crippen LogP contribution is 2.25. The lowest BCUT2D eigenvalue weighted by atomic mass is 10.1. The number of carbonyl (C=O) groups excluding carboxylic acids is 1. The van der Waals surface area contributed by atoms with Crippen LogP contribution in [-0.2, 0) is 11.2 Å². The third kappa shape index (κ3) is 4.33. The lowest BCUT2D eigenvalue weighted by Crippen LogP contribution is -2.14. The van der Waals surface area contributed by atoms with Crippen molar-refractivity contribution in [3.05, 3.63) is 57.6 Å². The predicted molar refractivity (Wildman–Crippen MR) is 91.4 cm³/mol. The van der Waals surface area contributed by atoms with Crippen LogP contribution in [0.25, 0.3) is 0 Å². The summed E-state index contributed by atoms with van der Waals surface area (Å²) in [5.41, 5.74) is 10.6. The lowest BCUT2D eigenvalue weighted by molar-refractivity contribution is -0.116. The lowest BCUT2D eigenvalue weighted by Gasteiger charge is -2.12. The molecule has 4 heteroatoms. The van der Waals surface area contributed by atoms with Gasteiger partial charge in [-0.15, -0.1) is 0 Å². The summed E-state index contributed by atoms with van der Waals surface area (Å²) in [6, 6.07) is 11.6. The van der Waals surface area contributed by atoms with Crippen LogP contribution in [0.3, 0.4) is 0 Å². The SMILES string of the molecule is Cc1cc(Br)cc(C)c1NC(=O)CCc1cccc(N)c1. The minimum absolute atomic E-state index is 0.0194. The van der Waals surface area contributed by atoms with Crippen molar-refractivity contribution in [2.24, 2.45) is 0 Å². The minimum atomic E-state index is 0.0194. The molecule has 0 aliphatic carbocycles. The minimum Gasteiger partial charge on any atom is -0.399 e. The smallest absolute Gasteiger partial charge is 0.224 e. The van der Waals surface area contributed by atoms with Crippen molar-refractivity contribution in [2.45, 2.75) is 26.7 Å². The second-order valence-electron chi connectivity index (χ2n) is 5.21. The fourth-order valence-electron chi connectivity index (χ4n) is 2.32. The Kier molecular flexibility index (Phi) is 5.02. The number of hydrogen-bond donors (Lipinski definition) is 2. The van der Waals surface area contributed by atoms with E-state index in [1.165, 1.54) is 0 Å². The normalized spacial score (nSPS) is 10.4. The molecule has 2 rings (SSSR count). The molecule has 110 valence electrons. The first-order valence-corrected chi connectivity index (χ1v) is 7.66. The van der Waals surface area contributed by atoms with Crippen molar-refractivity contribution < 1.29 is 4.79 Å². The number of anilines is 2. The van der Waals surface area contributed by atoms with Crippen molar-refractivity contribution in [2.75, 3.05) is 11.1 Å². The number of rotatable bonds is 4. The quantitative estimate of drug-likeness (QED) is 0.814. The maximum atomic E-state index is 12.1. The Labute approximate surface area is 133 Å². The Hall–Kier alpha value is -1.81. The Morgan fingerprint density at radius 1 is 1.19 bits per heavy atom. The second kappa shape index (κ2) is 6.76. The largest absolute Gasteiger partial charge is 0.399 e. The number of hydrogen-bond acceptors (Lipinski definition) is 2. The van der Waals surface area contributed by atoms with Crippen LogP contribution in [0, 0.1) is 13.8 Å². The number of amides is 1. The van der Waals surface area contributed by atoms with Gasteiger partial charge in [-0.05, 0) is 61.2 Å². The van der Waals surface area contributed by atoms with Gasteiger partial charge >= 0.3 is 0 Å². The first-order valence-electron chi connectivity index (χ1n) is 6.86. The summed E-state index contributed by atoms with van der Waals surface area (Å²) in [7, 11) is 0. The molecule has 0 radical (unpaired) electrons. The van der Waals surface area contributed by atoms with Gasteiger partial charge in [0.2, 0.25) is 5.91 Å². The molecule has 1 amide bonds. The molecule has 0 fully saturated rings. The van der Waals surface area contributed by atoms with Crippen molar-refractivity contribution in [3.63, 3.8) is 0 Å². The second-order valence-corrected chi connectivity index (χ2v) is 6.12. The topological polar surface area (TPSA) is 55.1 Å². The highest BCUT2D eigenvalue weighted by molar-refractivity contribution is 9.10. The van der Waals surface area contributed by atoms with Crippen LogP contribution >= 0.6 is 15.9 Å². The Bertz CT molecular complexity index is 645. The van der Waals surface area contributed by atoms with Crippen LogP contribution in [-0.4, -0.2) is 5.91 Å². The average Bonchev–Trinajstić information content (AvgIpc) is 2.40. The molecule has 0 saturated carbocycles. The van der Waals surface area contributed by atoms with Gasteiger partial charge in [0, 0.05) is 22.3 Å². The Balaban J connectivity index is 1.99. The van der Waals surface area contributed by atoms with E-state index in [2.05, 4.69) is 21.2 Å². The number of nitrogen functional groups attached to an aromatic ring is 1. The fourth-order valence-corrected chi connectivity index (χ4v) is 3.00. The van der Waals surface area contributed by atoms with E-state index in [0.29, 0.717) is 12.8 Å². The van der Waals surface area contributed by atoms with Crippen LogP contribution < -0.4 is 11.1 Å². The molecule has 0 saturated heterocycles. The molecule has 3 N–H and O–H groups in total. The van der Waals surface area contributed by atoms with Gasteiger partial charge in [-0.3, -0.25) is 4.79 Å². The summed E-state index contributed by atoms with van der Waals surface area (Å²) in [5.74, 6) is 0.0194. The molecule has 0 atom stereocenters. The van der Waals surface area contributed by atoms with Gasteiger partial charge in [-0.2, -0.15) is 0 Å². The van der Waals surface area contributed by atoms with Gasteiger partial charge in [0.25, 0.3) is 0 Å². The van der Waals surface area contributed by atoms with E-state index in [1.807, 2.05) is 50.2 Å². The van der Waals surface area contributed by atoms with E-state index < -0.39 is 0 Å². The van der Waals surface area contributed by atoms with E-state index in [-0.39, 0.29) is 5.91 Å².